The van der Waals surface area contributed by atoms with Crippen molar-refractivity contribution in [3.05, 3.63) is 0 Å². The largest absolute Gasteiger partial charge is 0.544 e. The molecule has 5 nitrogen and oxygen atoms in total. The molecule has 0 aromatic heterocycles. The molecule has 5 heteroatoms. The van der Waals surface area contributed by atoms with E-state index >= 15 is 0 Å². The van der Waals surface area contributed by atoms with E-state index in [0.717, 1.165) is 0 Å². The summed E-state index contributed by atoms with van der Waals surface area (Å²) in [5.74, 6) is -1.15. The van der Waals surface area contributed by atoms with E-state index in [1.165, 1.54) is 0 Å². The molecule has 13 heavy (non-hydrogen) atoms. The normalized spacial score (nSPS) is 11.6. The monoisotopic (exact) mass is 191 g/mol. The molecule has 0 fully saturated rings. The Morgan fingerprint density at radius 1 is 1.31 bits per heavy atom. The van der Waals surface area contributed by atoms with Gasteiger partial charge in [0.2, 0.25) is 0 Å². The summed E-state index contributed by atoms with van der Waals surface area (Å²) in [5.41, 5.74) is 0. The minimum Gasteiger partial charge on any atom is -0.544 e. The van der Waals surface area contributed by atoms with Crippen LogP contribution >= 0.6 is 0 Å². The molecule has 0 aliphatic carbocycles. The Balaban J connectivity index is 4.33. The number of likely N-dealkylation sites (N-methyl/N-ethyl adjacent to an activating group) is 1. The predicted molar refractivity (Wildman–Crippen MR) is 44.6 cm³/mol. The predicted octanol–water partition coefficient (Wildman–Crippen LogP) is -2.44. The van der Waals surface area contributed by atoms with Gasteiger partial charge in [0, 0.05) is 0 Å². The third-order valence-electron chi connectivity index (χ3n) is 2.28. The SMILES string of the molecule is CC[N+](CCO)(CCO)CC(=O)[O-]. The molecule has 0 spiro atoms. The first-order valence-corrected chi connectivity index (χ1v) is 4.37. The van der Waals surface area contributed by atoms with E-state index in [1.807, 2.05) is 6.92 Å². The summed E-state index contributed by atoms with van der Waals surface area (Å²) in [4.78, 5) is 10.4. The molecule has 0 atom stereocenters. The molecule has 0 heterocycles. The van der Waals surface area contributed by atoms with Crippen molar-refractivity contribution in [1.82, 2.24) is 0 Å². The van der Waals surface area contributed by atoms with Crippen LogP contribution in [-0.2, 0) is 4.79 Å². The van der Waals surface area contributed by atoms with Gasteiger partial charge in [-0.3, -0.25) is 0 Å². The van der Waals surface area contributed by atoms with Crippen molar-refractivity contribution in [3.8, 4) is 0 Å². The Hall–Kier alpha value is -0.650. The van der Waals surface area contributed by atoms with Crippen LogP contribution in [0.4, 0.5) is 0 Å². The number of carbonyl (C=O) groups excluding carboxylic acids is 1. The second-order valence-corrected chi connectivity index (χ2v) is 3.08. The molecule has 0 aliphatic rings. The zero-order valence-corrected chi connectivity index (χ0v) is 7.90. The summed E-state index contributed by atoms with van der Waals surface area (Å²) in [6, 6.07) is 0. The summed E-state index contributed by atoms with van der Waals surface area (Å²) in [6.07, 6.45) is 0. The van der Waals surface area contributed by atoms with Gasteiger partial charge < -0.3 is 24.6 Å². The third kappa shape index (κ3) is 4.21. The van der Waals surface area contributed by atoms with Gasteiger partial charge in [-0.15, -0.1) is 0 Å². The van der Waals surface area contributed by atoms with Crippen LogP contribution in [0.15, 0.2) is 0 Å². The maximum atomic E-state index is 10.4. The molecule has 0 unspecified atom stereocenters. The number of carboxylic acid groups (broad SMARTS) is 1. The molecular formula is C8H17NO4. The van der Waals surface area contributed by atoms with Crippen molar-refractivity contribution in [2.24, 2.45) is 0 Å². The van der Waals surface area contributed by atoms with Crippen molar-refractivity contribution >= 4 is 5.97 Å². The van der Waals surface area contributed by atoms with Crippen LogP contribution in [0.3, 0.4) is 0 Å². The zero-order chi connectivity index (χ0) is 10.3. The number of hydrogen-bond donors (Lipinski definition) is 2. The highest BCUT2D eigenvalue weighted by Crippen LogP contribution is 2.04. The minimum absolute atomic E-state index is 0.0822. The fraction of sp³-hybridized carbons (Fsp3) is 0.875. The topological polar surface area (TPSA) is 80.6 Å². The van der Waals surface area contributed by atoms with Crippen LogP contribution in [0.25, 0.3) is 0 Å². The first kappa shape index (κ1) is 12.3. The van der Waals surface area contributed by atoms with Gasteiger partial charge in [0.25, 0.3) is 0 Å². The third-order valence-corrected chi connectivity index (χ3v) is 2.28. The Kier molecular flexibility index (Phi) is 5.61. The Morgan fingerprint density at radius 2 is 1.77 bits per heavy atom. The van der Waals surface area contributed by atoms with Crippen LogP contribution in [0.5, 0.6) is 0 Å². The van der Waals surface area contributed by atoms with Crippen LogP contribution < -0.4 is 5.11 Å². The molecule has 0 aromatic carbocycles. The summed E-state index contributed by atoms with van der Waals surface area (Å²) < 4.78 is 0.176. The van der Waals surface area contributed by atoms with E-state index in [9.17, 15) is 9.90 Å². The maximum absolute atomic E-state index is 10.4. The molecule has 0 saturated carbocycles. The van der Waals surface area contributed by atoms with E-state index in [1.54, 1.807) is 0 Å². The molecule has 2 N–H and O–H groups in total. The van der Waals surface area contributed by atoms with Gasteiger partial charge in [0.05, 0.1) is 25.7 Å². The molecule has 0 aromatic rings. The highest BCUT2D eigenvalue weighted by molar-refractivity contribution is 5.65. The lowest BCUT2D eigenvalue weighted by molar-refractivity contribution is -0.921. The number of hydrogen-bond acceptors (Lipinski definition) is 4. The van der Waals surface area contributed by atoms with Gasteiger partial charge in [-0.05, 0) is 6.92 Å². The Morgan fingerprint density at radius 3 is 2.00 bits per heavy atom. The van der Waals surface area contributed by atoms with Crippen molar-refractivity contribution in [1.29, 1.82) is 0 Å². The number of quaternary nitrogens is 1. The zero-order valence-electron chi connectivity index (χ0n) is 7.90. The molecule has 0 aliphatic heterocycles. The van der Waals surface area contributed by atoms with Gasteiger partial charge in [0.15, 0.2) is 0 Å². The molecular weight excluding hydrogens is 174 g/mol. The molecule has 0 bridgehead atoms. The lowest BCUT2D eigenvalue weighted by atomic mass is 10.3. The fourth-order valence-electron chi connectivity index (χ4n) is 1.40. The van der Waals surface area contributed by atoms with E-state index in [-0.39, 0.29) is 24.2 Å². The van der Waals surface area contributed by atoms with E-state index < -0.39 is 5.97 Å². The van der Waals surface area contributed by atoms with E-state index in [4.69, 9.17) is 10.2 Å². The van der Waals surface area contributed by atoms with Gasteiger partial charge >= 0.3 is 0 Å². The Bertz CT molecular complexity index is 154. The lowest BCUT2D eigenvalue weighted by Gasteiger charge is -2.36. The summed E-state index contributed by atoms with van der Waals surface area (Å²) >= 11 is 0. The molecule has 78 valence electrons. The van der Waals surface area contributed by atoms with Crippen molar-refractivity contribution < 1.29 is 24.6 Å². The molecule has 0 radical (unpaired) electrons. The van der Waals surface area contributed by atoms with Crippen molar-refractivity contribution in [3.63, 3.8) is 0 Å². The number of rotatable bonds is 7. The maximum Gasteiger partial charge on any atom is 0.119 e. The highest BCUT2D eigenvalue weighted by atomic mass is 16.4. The average Bonchev–Trinajstić information content (AvgIpc) is 2.04. The molecule has 0 rings (SSSR count). The van der Waals surface area contributed by atoms with Gasteiger partial charge in [-0.2, -0.15) is 0 Å². The summed E-state index contributed by atoms with van der Waals surface area (Å²) in [5, 5.41) is 28.0. The van der Waals surface area contributed by atoms with Crippen LogP contribution in [-0.4, -0.2) is 60.1 Å². The number of nitrogens with zero attached hydrogens (tertiary/aromatic N) is 1. The minimum atomic E-state index is -1.15. The Labute approximate surface area is 77.8 Å². The van der Waals surface area contributed by atoms with Crippen molar-refractivity contribution in [2.75, 3.05) is 39.4 Å². The number of aliphatic hydroxyl groups is 2. The number of carboxylic acids is 1. The van der Waals surface area contributed by atoms with Gasteiger partial charge in [-0.1, -0.05) is 0 Å². The lowest BCUT2D eigenvalue weighted by Crippen LogP contribution is -2.56. The average molecular weight is 191 g/mol. The standard InChI is InChI=1S/C8H17NO4/c1-2-9(3-5-10,4-6-11)7-8(12)13/h10-11H,2-7H2,1H3. The van der Waals surface area contributed by atoms with Crippen LogP contribution in [0.2, 0.25) is 0 Å². The van der Waals surface area contributed by atoms with Gasteiger partial charge in [-0.25, -0.2) is 0 Å². The highest BCUT2D eigenvalue weighted by Gasteiger charge is 2.24. The second kappa shape index (κ2) is 5.90. The number of aliphatic carboxylic acids is 1. The number of aliphatic hydroxyl groups excluding tert-OH is 2. The first-order chi connectivity index (χ1) is 6.10. The fourth-order valence-corrected chi connectivity index (χ4v) is 1.40. The quantitative estimate of drug-likeness (QED) is 0.438. The molecule has 0 saturated heterocycles. The molecule has 0 amide bonds. The summed E-state index contributed by atoms with van der Waals surface area (Å²) in [7, 11) is 0. The first-order valence-electron chi connectivity index (χ1n) is 4.37. The van der Waals surface area contributed by atoms with Crippen molar-refractivity contribution in [2.45, 2.75) is 6.92 Å². The number of carbonyl (C=O) groups is 1. The van der Waals surface area contributed by atoms with Gasteiger partial charge in [0.1, 0.15) is 19.6 Å². The van der Waals surface area contributed by atoms with E-state index in [0.29, 0.717) is 19.6 Å². The smallest absolute Gasteiger partial charge is 0.119 e. The van der Waals surface area contributed by atoms with Crippen LogP contribution in [0.1, 0.15) is 6.92 Å². The van der Waals surface area contributed by atoms with Crippen LogP contribution in [0, 0.1) is 0 Å². The second-order valence-electron chi connectivity index (χ2n) is 3.08. The van der Waals surface area contributed by atoms with E-state index in [2.05, 4.69) is 0 Å². The summed E-state index contributed by atoms with van der Waals surface area (Å²) in [6.45, 7) is 2.75.